The van der Waals surface area contributed by atoms with E-state index in [1.165, 1.54) is 0 Å². The Labute approximate surface area is 136 Å². The summed E-state index contributed by atoms with van der Waals surface area (Å²) in [5.41, 5.74) is 3.23. The maximum atomic E-state index is 6.41. The van der Waals surface area contributed by atoms with Gasteiger partial charge in [0.2, 0.25) is 0 Å². The Morgan fingerprint density at radius 2 is 1.86 bits per heavy atom. The van der Waals surface area contributed by atoms with Gasteiger partial charge in [-0.1, -0.05) is 48.3 Å². The molecule has 1 atom stereocenters. The Morgan fingerprint density at radius 3 is 2.43 bits per heavy atom. The third-order valence-corrected chi connectivity index (χ3v) is 4.19. The van der Waals surface area contributed by atoms with Crippen molar-refractivity contribution in [1.82, 2.24) is 5.32 Å². The fourth-order valence-corrected chi connectivity index (χ4v) is 2.73. The van der Waals surface area contributed by atoms with Gasteiger partial charge in [0.15, 0.2) is 0 Å². The van der Waals surface area contributed by atoms with Gasteiger partial charge in [-0.2, -0.15) is 0 Å². The number of aryl methyl sites for hydroxylation is 1. The van der Waals surface area contributed by atoms with Crippen molar-refractivity contribution in [3.05, 3.63) is 63.1 Å². The Balaban J connectivity index is 2.45. The molecular weight excluding hydrogens is 305 g/mol. The molecule has 2 aromatic carbocycles. The van der Waals surface area contributed by atoms with E-state index < -0.39 is 0 Å². The molecule has 1 unspecified atom stereocenters. The van der Waals surface area contributed by atoms with Crippen LogP contribution in [0.4, 0.5) is 0 Å². The van der Waals surface area contributed by atoms with Crippen LogP contribution in [0.3, 0.4) is 0 Å². The fourth-order valence-electron chi connectivity index (χ4n) is 2.33. The highest BCUT2D eigenvalue weighted by Gasteiger charge is 2.17. The summed E-state index contributed by atoms with van der Waals surface area (Å²) in [4.78, 5) is 0. The third-order valence-electron chi connectivity index (χ3n) is 3.44. The van der Waals surface area contributed by atoms with Crippen molar-refractivity contribution in [2.24, 2.45) is 0 Å². The quantitative estimate of drug-likeness (QED) is 0.835. The summed E-state index contributed by atoms with van der Waals surface area (Å²) in [5.74, 6) is 0.756. The van der Waals surface area contributed by atoms with Crippen molar-refractivity contribution in [2.45, 2.75) is 19.9 Å². The minimum absolute atomic E-state index is 0.0318. The third kappa shape index (κ3) is 3.70. The zero-order chi connectivity index (χ0) is 15.4. The molecule has 112 valence electrons. The molecule has 0 aliphatic carbocycles. The molecule has 0 saturated heterocycles. The predicted molar refractivity (Wildman–Crippen MR) is 89.7 cm³/mol. The van der Waals surface area contributed by atoms with Crippen molar-refractivity contribution >= 4 is 23.2 Å². The number of halogens is 2. The van der Waals surface area contributed by atoms with Crippen LogP contribution in [0, 0.1) is 6.92 Å². The van der Waals surface area contributed by atoms with Crippen LogP contribution >= 0.6 is 23.2 Å². The average molecular weight is 324 g/mol. The molecule has 2 aromatic rings. The summed E-state index contributed by atoms with van der Waals surface area (Å²) in [6.45, 7) is 4.92. The van der Waals surface area contributed by atoms with E-state index in [4.69, 9.17) is 27.9 Å². The standard InChI is InChI=1S/C17H19Cl2NO/c1-4-20-17(12-5-8-15(18)11(2)9-12)14-7-6-13(21-3)10-16(14)19/h5-10,17,20H,4H2,1-3H3. The first-order chi connectivity index (χ1) is 10.1. The SMILES string of the molecule is CCNC(c1ccc(Cl)c(C)c1)c1ccc(OC)cc1Cl. The van der Waals surface area contributed by atoms with E-state index in [-0.39, 0.29) is 6.04 Å². The molecule has 0 aliphatic heterocycles. The number of hydrogen-bond donors (Lipinski definition) is 1. The van der Waals surface area contributed by atoms with Crippen molar-refractivity contribution in [2.75, 3.05) is 13.7 Å². The second kappa shape index (κ2) is 7.17. The van der Waals surface area contributed by atoms with Gasteiger partial charge in [0.05, 0.1) is 13.2 Å². The Hall–Kier alpha value is -1.22. The smallest absolute Gasteiger partial charge is 0.120 e. The van der Waals surface area contributed by atoms with E-state index in [1.54, 1.807) is 7.11 Å². The van der Waals surface area contributed by atoms with Gasteiger partial charge in [-0.25, -0.2) is 0 Å². The van der Waals surface area contributed by atoms with E-state index in [9.17, 15) is 0 Å². The molecule has 0 fully saturated rings. The van der Waals surface area contributed by atoms with Gasteiger partial charge in [0, 0.05) is 10.0 Å². The lowest BCUT2D eigenvalue weighted by Crippen LogP contribution is -2.22. The molecule has 0 saturated carbocycles. The van der Waals surface area contributed by atoms with Crippen LogP contribution in [0.1, 0.15) is 29.7 Å². The Morgan fingerprint density at radius 1 is 1.10 bits per heavy atom. The lowest BCUT2D eigenvalue weighted by Gasteiger charge is -2.21. The zero-order valence-electron chi connectivity index (χ0n) is 12.4. The van der Waals surface area contributed by atoms with E-state index in [1.807, 2.05) is 37.3 Å². The fraction of sp³-hybridized carbons (Fsp3) is 0.294. The van der Waals surface area contributed by atoms with Gasteiger partial charge in [-0.3, -0.25) is 0 Å². The molecule has 0 bridgehead atoms. The second-order valence-electron chi connectivity index (χ2n) is 4.89. The van der Waals surface area contributed by atoms with Gasteiger partial charge in [0.1, 0.15) is 5.75 Å². The van der Waals surface area contributed by atoms with E-state index >= 15 is 0 Å². The highest BCUT2D eigenvalue weighted by atomic mass is 35.5. The molecule has 0 radical (unpaired) electrons. The number of nitrogens with one attached hydrogen (secondary N) is 1. The number of rotatable bonds is 5. The first kappa shape index (κ1) is 16.2. The van der Waals surface area contributed by atoms with Gasteiger partial charge >= 0.3 is 0 Å². The van der Waals surface area contributed by atoms with Gasteiger partial charge < -0.3 is 10.1 Å². The summed E-state index contributed by atoms with van der Waals surface area (Å²) < 4.78 is 5.21. The number of methoxy groups -OCH3 is 1. The molecule has 0 spiro atoms. The van der Waals surface area contributed by atoms with Crippen LogP contribution in [-0.4, -0.2) is 13.7 Å². The molecule has 1 N–H and O–H groups in total. The Bertz CT molecular complexity index is 628. The lowest BCUT2D eigenvalue weighted by atomic mass is 9.97. The monoisotopic (exact) mass is 323 g/mol. The van der Waals surface area contributed by atoms with Crippen molar-refractivity contribution in [3.8, 4) is 5.75 Å². The topological polar surface area (TPSA) is 21.3 Å². The number of benzene rings is 2. The van der Waals surface area contributed by atoms with Gasteiger partial charge in [-0.05, 0) is 48.4 Å². The van der Waals surface area contributed by atoms with Crippen molar-refractivity contribution in [1.29, 1.82) is 0 Å². The molecule has 0 heterocycles. The molecule has 0 aliphatic rings. The van der Waals surface area contributed by atoms with Gasteiger partial charge in [0.25, 0.3) is 0 Å². The minimum Gasteiger partial charge on any atom is -0.497 e. The van der Waals surface area contributed by atoms with E-state index in [0.717, 1.165) is 34.0 Å². The van der Waals surface area contributed by atoms with Gasteiger partial charge in [-0.15, -0.1) is 0 Å². The van der Waals surface area contributed by atoms with Crippen LogP contribution in [0.2, 0.25) is 10.0 Å². The summed E-state index contributed by atoms with van der Waals surface area (Å²) in [5, 5.41) is 4.93. The van der Waals surface area contributed by atoms with Crippen LogP contribution in [0.25, 0.3) is 0 Å². The first-order valence-corrected chi connectivity index (χ1v) is 7.65. The molecule has 2 rings (SSSR count). The van der Waals surface area contributed by atoms with Crippen LogP contribution < -0.4 is 10.1 Å². The van der Waals surface area contributed by atoms with Crippen LogP contribution in [0.15, 0.2) is 36.4 Å². The molecule has 4 heteroatoms. The summed E-state index contributed by atoms with van der Waals surface area (Å²) in [6.07, 6.45) is 0. The average Bonchev–Trinajstić information content (AvgIpc) is 2.48. The number of ether oxygens (including phenoxy) is 1. The molecule has 0 aromatic heterocycles. The maximum Gasteiger partial charge on any atom is 0.120 e. The highest BCUT2D eigenvalue weighted by Crippen LogP contribution is 2.32. The van der Waals surface area contributed by atoms with Crippen LogP contribution in [-0.2, 0) is 0 Å². The minimum atomic E-state index is 0.0318. The second-order valence-corrected chi connectivity index (χ2v) is 5.70. The lowest BCUT2D eigenvalue weighted by molar-refractivity contribution is 0.414. The summed E-state index contributed by atoms with van der Waals surface area (Å²) in [7, 11) is 1.63. The molecule has 2 nitrogen and oxygen atoms in total. The molecule has 21 heavy (non-hydrogen) atoms. The molecule has 0 amide bonds. The Kier molecular flexibility index (Phi) is 5.51. The molecular formula is C17H19Cl2NO. The van der Waals surface area contributed by atoms with E-state index in [2.05, 4.69) is 18.3 Å². The normalized spacial score (nSPS) is 12.2. The predicted octanol–water partition coefficient (Wildman–Crippen LogP) is 5.01. The largest absolute Gasteiger partial charge is 0.497 e. The summed E-state index contributed by atoms with van der Waals surface area (Å²) in [6, 6.07) is 11.8. The van der Waals surface area contributed by atoms with Crippen molar-refractivity contribution < 1.29 is 4.74 Å². The zero-order valence-corrected chi connectivity index (χ0v) is 13.9. The van der Waals surface area contributed by atoms with E-state index in [0.29, 0.717) is 5.02 Å². The highest BCUT2D eigenvalue weighted by molar-refractivity contribution is 6.31. The number of hydrogen-bond acceptors (Lipinski definition) is 2. The first-order valence-electron chi connectivity index (χ1n) is 6.89. The summed E-state index contributed by atoms with van der Waals surface area (Å²) >= 11 is 12.5. The van der Waals surface area contributed by atoms with Crippen LogP contribution in [0.5, 0.6) is 5.75 Å². The maximum absolute atomic E-state index is 6.41. The van der Waals surface area contributed by atoms with Crippen molar-refractivity contribution in [3.63, 3.8) is 0 Å².